The number of aromatic nitrogens is 2. The van der Waals surface area contributed by atoms with Crippen LogP contribution < -0.4 is 10.4 Å². The monoisotopic (exact) mass is 348 g/mol. The van der Waals surface area contributed by atoms with Crippen LogP contribution in [0.4, 0.5) is 0 Å². The van der Waals surface area contributed by atoms with Crippen LogP contribution in [0.1, 0.15) is 38.0 Å². The van der Waals surface area contributed by atoms with Gasteiger partial charge in [-0.2, -0.15) is 4.98 Å². The highest BCUT2D eigenvalue weighted by Gasteiger charge is 2.21. The third-order valence-electron chi connectivity index (χ3n) is 3.49. The summed E-state index contributed by atoms with van der Waals surface area (Å²) in [5, 5.41) is 5.11. The van der Waals surface area contributed by atoms with Gasteiger partial charge in [0.05, 0.1) is 5.02 Å². The van der Waals surface area contributed by atoms with E-state index in [0.717, 1.165) is 10.9 Å². The summed E-state index contributed by atoms with van der Waals surface area (Å²) in [7, 11) is 0. The van der Waals surface area contributed by atoms with Gasteiger partial charge in [-0.15, -0.1) is 0 Å². The molecule has 0 N–H and O–H groups in total. The van der Waals surface area contributed by atoms with Gasteiger partial charge < -0.3 is 13.7 Å². The van der Waals surface area contributed by atoms with Crippen LogP contribution in [0.25, 0.3) is 11.0 Å². The molecule has 0 unspecified atom stereocenters. The summed E-state index contributed by atoms with van der Waals surface area (Å²) in [4.78, 5) is 15.8. The van der Waals surface area contributed by atoms with E-state index in [4.69, 9.17) is 25.3 Å². The number of hydrogen-bond donors (Lipinski definition) is 0. The first kappa shape index (κ1) is 16.5. The second kappa shape index (κ2) is 5.94. The van der Waals surface area contributed by atoms with Crippen molar-refractivity contribution in [1.29, 1.82) is 0 Å². The molecule has 0 atom stereocenters. The van der Waals surface area contributed by atoms with Crippen LogP contribution in [0.5, 0.6) is 5.75 Å². The van der Waals surface area contributed by atoms with E-state index in [1.807, 2.05) is 27.7 Å². The van der Waals surface area contributed by atoms with E-state index in [1.54, 1.807) is 12.1 Å². The highest BCUT2D eigenvalue weighted by atomic mass is 35.5. The highest BCUT2D eigenvalue weighted by molar-refractivity contribution is 6.32. The Balaban J connectivity index is 1.86. The van der Waals surface area contributed by atoms with Crippen LogP contribution in [0, 0.1) is 6.92 Å². The molecule has 0 saturated carbocycles. The van der Waals surface area contributed by atoms with Gasteiger partial charge in [0.15, 0.2) is 12.4 Å². The topological polar surface area (TPSA) is 78.4 Å². The summed E-state index contributed by atoms with van der Waals surface area (Å²) in [6.45, 7) is 7.88. The quantitative estimate of drug-likeness (QED) is 0.665. The van der Waals surface area contributed by atoms with Crippen molar-refractivity contribution in [1.82, 2.24) is 10.1 Å². The molecule has 6 nitrogen and oxygen atoms in total. The lowest BCUT2D eigenvalue weighted by atomic mass is 9.96. The van der Waals surface area contributed by atoms with Gasteiger partial charge in [-0.05, 0) is 18.6 Å². The van der Waals surface area contributed by atoms with E-state index in [2.05, 4.69) is 10.1 Å². The number of benzene rings is 1. The molecule has 3 rings (SSSR count). The van der Waals surface area contributed by atoms with Crippen molar-refractivity contribution in [2.45, 2.75) is 39.7 Å². The Bertz CT molecular complexity index is 953. The number of halogens is 1. The fourth-order valence-electron chi connectivity index (χ4n) is 2.19. The van der Waals surface area contributed by atoms with Gasteiger partial charge in [-0.3, -0.25) is 0 Å². The fraction of sp³-hybridized carbons (Fsp3) is 0.353. The Morgan fingerprint density at radius 2 is 2.00 bits per heavy atom. The zero-order valence-electron chi connectivity index (χ0n) is 13.8. The summed E-state index contributed by atoms with van der Waals surface area (Å²) >= 11 is 6.25. The second-order valence-electron chi connectivity index (χ2n) is 6.58. The third kappa shape index (κ3) is 3.28. The van der Waals surface area contributed by atoms with Crippen molar-refractivity contribution in [2.75, 3.05) is 0 Å². The first-order valence-corrected chi connectivity index (χ1v) is 7.82. The molecule has 0 bridgehead atoms. The Morgan fingerprint density at radius 3 is 2.67 bits per heavy atom. The molecule has 1 aromatic carbocycles. The fourth-order valence-corrected chi connectivity index (χ4v) is 2.41. The number of nitrogens with zero attached hydrogens (tertiary/aromatic N) is 2. The van der Waals surface area contributed by atoms with E-state index in [9.17, 15) is 4.79 Å². The number of aryl methyl sites for hydroxylation is 1. The third-order valence-corrected chi connectivity index (χ3v) is 3.79. The molecule has 2 heterocycles. The van der Waals surface area contributed by atoms with Gasteiger partial charge in [-0.1, -0.05) is 37.5 Å². The molecule has 0 fully saturated rings. The predicted octanol–water partition coefficient (Wildman–Crippen LogP) is 4.01. The second-order valence-corrected chi connectivity index (χ2v) is 6.98. The lowest BCUT2D eigenvalue weighted by molar-refractivity contribution is 0.242. The molecule has 0 aliphatic rings. The van der Waals surface area contributed by atoms with E-state index in [-0.39, 0.29) is 12.0 Å². The highest BCUT2D eigenvalue weighted by Crippen LogP contribution is 2.31. The lowest BCUT2D eigenvalue weighted by Gasteiger charge is -2.11. The van der Waals surface area contributed by atoms with Gasteiger partial charge >= 0.3 is 5.63 Å². The van der Waals surface area contributed by atoms with Gasteiger partial charge in [0.25, 0.3) is 5.89 Å². The average Bonchev–Trinajstić information content (AvgIpc) is 2.95. The van der Waals surface area contributed by atoms with Crippen molar-refractivity contribution in [2.24, 2.45) is 0 Å². The summed E-state index contributed by atoms with van der Waals surface area (Å²) in [6.07, 6.45) is 0. The van der Waals surface area contributed by atoms with Crippen LogP contribution >= 0.6 is 11.6 Å². The van der Waals surface area contributed by atoms with Crippen LogP contribution in [0.2, 0.25) is 5.02 Å². The minimum Gasteiger partial charge on any atom is -0.482 e. The molecule has 0 aliphatic carbocycles. The number of rotatable bonds is 3. The van der Waals surface area contributed by atoms with Crippen molar-refractivity contribution in [3.8, 4) is 5.75 Å². The average molecular weight is 349 g/mol. The maximum absolute atomic E-state index is 11.5. The smallest absolute Gasteiger partial charge is 0.336 e. The maximum Gasteiger partial charge on any atom is 0.336 e. The number of hydrogen-bond acceptors (Lipinski definition) is 6. The molecule has 0 aliphatic heterocycles. The summed E-state index contributed by atoms with van der Waals surface area (Å²) in [5.74, 6) is 1.34. The molecular weight excluding hydrogens is 332 g/mol. The van der Waals surface area contributed by atoms with Crippen molar-refractivity contribution in [3.05, 3.63) is 50.9 Å². The molecule has 3 aromatic rings. The summed E-state index contributed by atoms with van der Waals surface area (Å²) < 4.78 is 16.0. The standard InChI is InChI=1S/C17H17ClN2O4/c1-9-5-15(21)23-12-7-13(11(18)6-10(9)12)22-8-14-19-16(20-24-14)17(2,3)4/h5-7H,8H2,1-4H3. The molecule has 7 heteroatoms. The molecule has 2 aromatic heterocycles. The SMILES string of the molecule is Cc1cc(=O)oc2cc(OCc3nc(C(C)(C)C)no3)c(Cl)cc12. The van der Waals surface area contributed by atoms with Crippen molar-refractivity contribution >= 4 is 22.6 Å². The van der Waals surface area contributed by atoms with Crippen LogP contribution in [0.3, 0.4) is 0 Å². The zero-order chi connectivity index (χ0) is 17.5. The van der Waals surface area contributed by atoms with Crippen LogP contribution in [0.15, 0.2) is 31.9 Å². The summed E-state index contributed by atoms with van der Waals surface area (Å²) in [5.41, 5.74) is 0.588. The molecule has 0 spiro atoms. The molecule has 126 valence electrons. The Morgan fingerprint density at radius 1 is 1.25 bits per heavy atom. The molecule has 0 saturated heterocycles. The van der Waals surface area contributed by atoms with E-state index in [0.29, 0.717) is 28.1 Å². The van der Waals surface area contributed by atoms with Gasteiger partial charge in [0.2, 0.25) is 0 Å². The minimum absolute atomic E-state index is 0.0738. The van der Waals surface area contributed by atoms with Crippen LogP contribution in [-0.2, 0) is 12.0 Å². The first-order chi connectivity index (χ1) is 11.2. The molecule has 0 amide bonds. The van der Waals surface area contributed by atoms with E-state index < -0.39 is 5.63 Å². The van der Waals surface area contributed by atoms with Crippen molar-refractivity contribution < 1.29 is 13.7 Å². The Hall–Kier alpha value is -2.34. The van der Waals surface area contributed by atoms with Gasteiger partial charge in [0, 0.05) is 22.9 Å². The normalized spacial score (nSPS) is 11.9. The minimum atomic E-state index is -0.417. The largest absolute Gasteiger partial charge is 0.482 e. The first-order valence-electron chi connectivity index (χ1n) is 7.44. The lowest BCUT2D eigenvalue weighted by Crippen LogP contribution is -2.13. The zero-order valence-corrected chi connectivity index (χ0v) is 14.6. The Labute approximate surface area is 143 Å². The van der Waals surface area contributed by atoms with E-state index in [1.165, 1.54) is 6.07 Å². The van der Waals surface area contributed by atoms with Crippen LogP contribution in [-0.4, -0.2) is 10.1 Å². The Kier molecular flexibility index (Phi) is 4.09. The van der Waals surface area contributed by atoms with Crippen molar-refractivity contribution in [3.63, 3.8) is 0 Å². The number of fused-ring (bicyclic) bond motifs is 1. The molecule has 24 heavy (non-hydrogen) atoms. The molecular formula is C17H17ClN2O4. The van der Waals surface area contributed by atoms with Gasteiger partial charge in [0.1, 0.15) is 11.3 Å². The van der Waals surface area contributed by atoms with E-state index >= 15 is 0 Å². The number of ether oxygens (including phenoxy) is 1. The van der Waals surface area contributed by atoms with Gasteiger partial charge in [-0.25, -0.2) is 4.79 Å². The summed E-state index contributed by atoms with van der Waals surface area (Å²) in [6, 6.07) is 4.72. The maximum atomic E-state index is 11.5. The molecule has 0 radical (unpaired) electrons. The predicted molar refractivity (Wildman–Crippen MR) is 89.6 cm³/mol.